The van der Waals surface area contributed by atoms with Crippen molar-refractivity contribution in [2.75, 3.05) is 0 Å². The lowest BCUT2D eigenvalue weighted by molar-refractivity contribution is 0.231. The maximum Gasteiger partial charge on any atom is 0.164 e. The molecule has 1 aromatic carbocycles. The second-order valence-corrected chi connectivity index (χ2v) is 4.44. The van der Waals surface area contributed by atoms with Crippen LogP contribution in [0.25, 0.3) is 11.4 Å². The molecule has 0 aliphatic carbocycles. The van der Waals surface area contributed by atoms with Crippen LogP contribution in [0.15, 0.2) is 24.3 Å². The highest BCUT2D eigenvalue weighted by atomic mass is 19.1. The highest BCUT2D eigenvalue weighted by Crippen LogP contribution is 2.28. The maximum atomic E-state index is 13.5. The van der Waals surface area contributed by atoms with Crippen molar-refractivity contribution in [3.8, 4) is 11.4 Å². The molecule has 3 rings (SSSR count). The molecular weight excluding hydrogens is 238 g/mol. The van der Waals surface area contributed by atoms with Gasteiger partial charge >= 0.3 is 0 Å². The molecule has 0 saturated heterocycles. The van der Waals surface area contributed by atoms with Crippen LogP contribution in [0.1, 0.15) is 18.3 Å². The molecule has 18 heavy (non-hydrogen) atoms. The second-order valence-electron chi connectivity index (χ2n) is 4.44. The molecular formula is C12H12F2N4. The number of halogens is 2. The van der Waals surface area contributed by atoms with Gasteiger partial charge in [0.2, 0.25) is 0 Å². The van der Waals surface area contributed by atoms with E-state index >= 15 is 0 Å². The predicted molar refractivity (Wildman–Crippen MR) is 61.9 cm³/mol. The normalized spacial score (nSPS) is 22.8. The van der Waals surface area contributed by atoms with E-state index in [0.717, 1.165) is 0 Å². The van der Waals surface area contributed by atoms with E-state index in [4.69, 9.17) is 5.73 Å². The lowest BCUT2D eigenvalue weighted by Gasteiger charge is -2.23. The molecule has 0 fully saturated rings. The van der Waals surface area contributed by atoms with Gasteiger partial charge in [-0.25, -0.2) is 8.78 Å². The van der Waals surface area contributed by atoms with E-state index in [-0.39, 0.29) is 18.8 Å². The molecule has 1 aliphatic heterocycles. The van der Waals surface area contributed by atoms with Crippen molar-refractivity contribution in [1.82, 2.24) is 14.8 Å². The van der Waals surface area contributed by atoms with Crippen molar-refractivity contribution >= 4 is 0 Å². The number of hydrogen-bond acceptors (Lipinski definition) is 3. The number of aromatic nitrogens is 3. The molecule has 6 heteroatoms. The fourth-order valence-corrected chi connectivity index (χ4v) is 2.24. The topological polar surface area (TPSA) is 56.7 Å². The van der Waals surface area contributed by atoms with Crippen molar-refractivity contribution in [3.05, 3.63) is 35.9 Å². The smallest absolute Gasteiger partial charge is 0.164 e. The molecule has 4 nitrogen and oxygen atoms in total. The molecule has 0 radical (unpaired) electrons. The average molecular weight is 250 g/mol. The van der Waals surface area contributed by atoms with E-state index in [1.54, 1.807) is 16.7 Å². The minimum absolute atomic E-state index is 0.197. The van der Waals surface area contributed by atoms with Crippen molar-refractivity contribution in [3.63, 3.8) is 0 Å². The number of rotatable bonds is 1. The molecule has 1 aromatic heterocycles. The van der Waals surface area contributed by atoms with Gasteiger partial charge in [0.1, 0.15) is 17.8 Å². The Labute approximate surface area is 102 Å². The first kappa shape index (κ1) is 11.3. The predicted octanol–water partition coefficient (Wildman–Crippen LogP) is 1.83. The maximum absolute atomic E-state index is 13.5. The van der Waals surface area contributed by atoms with Crippen LogP contribution in [0, 0.1) is 5.82 Å². The van der Waals surface area contributed by atoms with Crippen LogP contribution in [0.3, 0.4) is 0 Å². The van der Waals surface area contributed by atoms with Gasteiger partial charge in [0.05, 0.1) is 12.6 Å². The zero-order valence-corrected chi connectivity index (χ0v) is 9.55. The molecule has 1 aliphatic rings. The van der Waals surface area contributed by atoms with E-state index in [9.17, 15) is 8.78 Å². The number of nitrogens with two attached hydrogens (primary N) is 1. The highest BCUT2D eigenvalue weighted by molar-refractivity contribution is 5.55. The van der Waals surface area contributed by atoms with E-state index < -0.39 is 12.2 Å². The summed E-state index contributed by atoms with van der Waals surface area (Å²) in [6.45, 7) is 0.197. The highest BCUT2D eigenvalue weighted by Gasteiger charge is 2.28. The van der Waals surface area contributed by atoms with Crippen LogP contribution in [-0.2, 0) is 6.54 Å². The van der Waals surface area contributed by atoms with Crippen LogP contribution < -0.4 is 5.73 Å². The first-order valence-corrected chi connectivity index (χ1v) is 5.74. The number of nitrogens with zero attached hydrogens (tertiary/aromatic N) is 3. The SMILES string of the molecule is NC1CC(F)Cn2c(-c3ccc(F)cc3)nnc21. The number of fused-ring (bicyclic) bond motifs is 1. The van der Waals surface area contributed by atoms with Gasteiger partial charge in [0, 0.05) is 12.0 Å². The Balaban J connectivity index is 2.06. The van der Waals surface area contributed by atoms with E-state index in [0.29, 0.717) is 17.2 Å². The summed E-state index contributed by atoms with van der Waals surface area (Å²) in [5, 5.41) is 8.02. The van der Waals surface area contributed by atoms with Crippen molar-refractivity contribution in [1.29, 1.82) is 0 Å². The Bertz CT molecular complexity index is 564. The minimum Gasteiger partial charge on any atom is -0.321 e. The summed E-state index contributed by atoms with van der Waals surface area (Å²) >= 11 is 0. The standard InChI is InChI=1S/C12H12F2N4/c13-8-3-1-7(2-4-8)11-16-17-12-10(15)5-9(14)6-18(11)12/h1-4,9-10H,5-6,15H2. The quantitative estimate of drug-likeness (QED) is 0.840. The van der Waals surface area contributed by atoms with Crippen LogP contribution in [0.5, 0.6) is 0 Å². The van der Waals surface area contributed by atoms with Gasteiger partial charge < -0.3 is 10.3 Å². The van der Waals surface area contributed by atoms with Gasteiger partial charge in [0.15, 0.2) is 5.82 Å². The largest absolute Gasteiger partial charge is 0.321 e. The molecule has 2 aromatic rings. The Morgan fingerprint density at radius 2 is 1.94 bits per heavy atom. The van der Waals surface area contributed by atoms with Crippen molar-refractivity contribution < 1.29 is 8.78 Å². The van der Waals surface area contributed by atoms with Crippen molar-refractivity contribution in [2.24, 2.45) is 5.73 Å². The lowest BCUT2D eigenvalue weighted by atomic mass is 10.1. The Morgan fingerprint density at radius 3 is 2.67 bits per heavy atom. The van der Waals surface area contributed by atoms with E-state index in [1.807, 2.05) is 0 Å². The molecule has 2 heterocycles. The fourth-order valence-electron chi connectivity index (χ4n) is 2.24. The first-order valence-electron chi connectivity index (χ1n) is 5.74. The lowest BCUT2D eigenvalue weighted by Crippen LogP contribution is -2.29. The van der Waals surface area contributed by atoms with Crippen LogP contribution in [0.4, 0.5) is 8.78 Å². The Kier molecular flexibility index (Phi) is 2.59. The molecule has 0 spiro atoms. The van der Waals surface area contributed by atoms with Gasteiger partial charge in [0.25, 0.3) is 0 Å². The van der Waals surface area contributed by atoms with Gasteiger partial charge in [-0.15, -0.1) is 10.2 Å². The van der Waals surface area contributed by atoms with E-state index in [2.05, 4.69) is 10.2 Å². The molecule has 2 atom stereocenters. The number of hydrogen-bond donors (Lipinski definition) is 1. The third-order valence-electron chi connectivity index (χ3n) is 3.10. The van der Waals surface area contributed by atoms with E-state index in [1.165, 1.54) is 12.1 Å². The summed E-state index contributed by atoms with van der Waals surface area (Å²) in [6.07, 6.45) is -0.732. The van der Waals surface area contributed by atoms with Gasteiger partial charge in [-0.1, -0.05) is 0 Å². The van der Waals surface area contributed by atoms with Crippen LogP contribution in [0.2, 0.25) is 0 Å². The minimum atomic E-state index is -0.998. The van der Waals surface area contributed by atoms with Crippen molar-refractivity contribution in [2.45, 2.75) is 25.2 Å². The molecule has 2 N–H and O–H groups in total. The third kappa shape index (κ3) is 1.78. The zero-order chi connectivity index (χ0) is 12.7. The summed E-state index contributed by atoms with van der Waals surface area (Å²) in [5.74, 6) is 0.795. The Hall–Kier alpha value is -1.82. The van der Waals surface area contributed by atoms with Gasteiger partial charge in [-0.3, -0.25) is 0 Å². The Morgan fingerprint density at radius 1 is 1.22 bits per heavy atom. The summed E-state index contributed by atoms with van der Waals surface area (Å²) in [4.78, 5) is 0. The molecule has 2 unspecified atom stereocenters. The summed E-state index contributed by atoms with van der Waals surface area (Å²) in [7, 11) is 0. The zero-order valence-electron chi connectivity index (χ0n) is 9.55. The monoisotopic (exact) mass is 250 g/mol. The second kappa shape index (κ2) is 4.13. The van der Waals surface area contributed by atoms with Gasteiger partial charge in [-0.05, 0) is 24.3 Å². The molecule has 0 bridgehead atoms. The number of benzene rings is 1. The summed E-state index contributed by atoms with van der Waals surface area (Å²) in [5.41, 5.74) is 6.53. The summed E-state index contributed by atoms with van der Waals surface area (Å²) in [6, 6.07) is 5.44. The molecule has 94 valence electrons. The van der Waals surface area contributed by atoms with Gasteiger partial charge in [-0.2, -0.15) is 0 Å². The third-order valence-corrected chi connectivity index (χ3v) is 3.10. The molecule has 0 amide bonds. The average Bonchev–Trinajstić information content (AvgIpc) is 2.74. The van der Waals surface area contributed by atoms with Crippen LogP contribution >= 0.6 is 0 Å². The van der Waals surface area contributed by atoms with Crippen LogP contribution in [-0.4, -0.2) is 20.9 Å². The fraction of sp³-hybridized carbons (Fsp3) is 0.333. The first-order chi connectivity index (χ1) is 8.65. The molecule has 0 saturated carbocycles. The summed E-state index contributed by atoms with van der Waals surface area (Å²) < 4.78 is 28.1. The number of alkyl halides is 1.